The van der Waals surface area contributed by atoms with Crippen LogP contribution < -0.4 is 10.2 Å². The van der Waals surface area contributed by atoms with Crippen LogP contribution >= 0.6 is 27.5 Å². The minimum absolute atomic E-state index is 0.353. The maximum Gasteiger partial charge on any atom is 0.247 e. The monoisotopic (exact) mass is 499 g/mol. The molecule has 1 unspecified atom stereocenters. The minimum atomic E-state index is -0.353. The van der Waals surface area contributed by atoms with Crippen LogP contribution in [0.4, 0.5) is 5.69 Å². The zero-order valence-corrected chi connectivity index (χ0v) is 19.3. The zero-order chi connectivity index (χ0) is 22.1. The first-order valence-corrected chi connectivity index (χ1v) is 11.7. The number of rotatable bonds is 5. The Morgan fingerprint density at radius 3 is 2.74 bits per heavy atom. The molecule has 1 fully saturated rings. The summed E-state index contributed by atoms with van der Waals surface area (Å²) in [5.74, 6) is 1.14. The van der Waals surface area contributed by atoms with E-state index in [-0.39, 0.29) is 6.52 Å². The molecule has 1 aliphatic heterocycles. The van der Waals surface area contributed by atoms with Gasteiger partial charge in [-0.3, -0.25) is 0 Å². The summed E-state index contributed by atoms with van der Waals surface area (Å²) in [6.45, 7) is 0.210. The number of nitrogens with zero attached hydrogens (tertiary/aromatic N) is 3. The predicted octanol–water partition coefficient (Wildman–Crippen LogP) is 6.09. The normalized spacial score (nSPS) is 23.5. The highest BCUT2D eigenvalue weighted by Gasteiger charge is 2.27. The van der Waals surface area contributed by atoms with Gasteiger partial charge in [-0.15, -0.1) is 10.2 Å². The Morgan fingerprint density at radius 2 is 1.94 bits per heavy atom. The Morgan fingerprint density at radius 1 is 1.13 bits per heavy atom. The van der Waals surface area contributed by atoms with Crippen LogP contribution in [0.3, 0.4) is 0 Å². The molecule has 1 aliphatic carbocycles. The van der Waals surface area contributed by atoms with E-state index in [1.807, 2.05) is 54.6 Å². The summed E-state index contributed by atoms with van der Waals surface area (Å²) in [5.41, 5.74) is 3.12. The molecule has 0 amide bonds. The Balaban J connectivity index is 1.17. The third kappa shape index (κ3) is 4.71. The molecule has 5 rings (SSSR count). The van der Waals surface area contributed by atoms with Crippen LogP contribution in [0, 0.1) is 0 Å². The van der Waals surface area contributed by atoms with Gasteiger partial charge in [0.25, 0.3) is 0 Å². The van der Waals surface area contributed by atoms with Gasteiger partial charge in [-0.1, -0.05) is 39.7 Å². The molecule has 2 aliphatic rings. The van der Waals surface area contributed by atoms with Crippen molar-refractivity contribution >= 4 is 39.3 Å². The summed E-state index contributed by atoms with van der Waals surface area (Å²) in [7, 11) is 0. The molecular formula is C24H24BrClN4O. The third-order valence-corrected chi connectivity index (χ3v) is 6.74. The van der Waals surface area contributed by atoms with E-state index in [4.69, 9.17) is 17.4 Å². The molecule has 0 radical (unpaired) electrons. The second kappa shape index (κ2) is 9.15. The number of benzene rings is 2. The molecule has 2 aromatic carbocycles. The van der Waals surface area contributed by atoms with Crippen molar-refractivity contribution in [3.05, 3.63) is 69.5 Å². The SMILES string of the molecule is [2H]C1C=Cc2cc(Cl)ccc2N1C1CCC(NCc2nnc(-c3ccc(Br)cc3)o2)CC1. The largest absolute Gasteiger partial charge is 0.419 e. The maximum absolute atomic E-state index is 8.54. The van der Waals surface area contributed by atoms with Crippen LogP contribution in [0.25, 0.3) is 17.5 Å². The van der Waals surface area contributed by atoms with Crippen molar-refractivity contribution in [2.45, 2.75) is 44.3 Å². The van der Waals surface area contributed by atoms with E-state index in [9.17, 15) is 0 Å². The fourth-order valence-corrected chi connectivity index (χ4v) is 4.80. The average molecular weight is 501 g/mol. The van der Waals surface area contributed by atoms with Gasteiger partial charge in [0.05, 0.1) is 7.92 Å². The van der Waals surface area contributed by atoms with Crippen LogP contribution in [0.2, 0.25) is 5.02 Å². The van der Waals surface area contributed by atoms with Crippen LogP contribution in [0.1, 0.15) is 38.5 Å². The molecular weight excluding hydrogens is 476 g/mol. The Hall–Kier alpha value is -2.15. The number of nitrogens with one attached hydrogen (secondary N) is 1. The van der Waals surface area contributed by atoms with E-state index in [1.165, 1.54) is 0 Å². The van der Waals surface area contributed by atoms with E-state index < -0.39 is 0 Å². The van der Waals surface area contributed by atoms with Gasteiger partial charge in [0.15, 0.2) is 0 Å². The molecule has 0 saturated heterocycles. The van der Waals surface area contributed by atoms with Gasteiger partial charge in [0, 0.05) is 39.4 Å². The second-order valence-corrected chi connectivity index (χ2v) is 9.36. The van der Waals surface area contributed by atoms with Gasteiger partial charge >= 0.3 is 0 Å². The third-order valence-electron chi connectivity index (χ3n) is 5.98. The molecule has 1 saturated carbocycles. The van der Waals surface area contributed by atoms with Crippen molar-refractivity contribution in [1.29, 1.82) is 0 Å². The fraction of sp³-hybridized carbons (Fsp3) is 0.333. The lowest BCUT2D eigenvalue weighted by molar-refractivity contribution is 0.322. The number of hydrogen-bond donors (Lipinski definition) is 1. The minimum Gasteiger partial charge on any atom is -0.419 e. The number of aromatic nitrogens is 2. The summed E-state index contributed by atoms with van der Waals surface area (Å²) in [6, 6.07) is 14.5. The Bertz CT molecular complexity index is 1110. The summed E-state index contributed by atoms with van der Waals surface area (Å²) in [6.07, 6.45) is 8.13. The predicted molar refractivity (Wildman–Crippen MR) is 128 cm³/mol. The first-order valence-electron chi connectivity index (χ1n) is 11.1. The molecule has 0 bridgehead atoms. The van der Waals surface area contributed by atoms with Crippen molar-refractivity contribution in [2.24, 2.45) is 0 Å². The van der Waals surface area contributed by atoms with Gasteiger partial charge in [-0.05, 0) is 73.7 Å². The second-order valence-electron chi connectivity index (χ2n) is 8.01. The first kappa shape index (κ1) is 19.5. The summed E-state index contributed by atoms with van der Waals surface area (Å²) in [4.78, 5) is 2.24. The van der Waals surface area contributed by atoms with E-state index in [0.29, 0.717) is 30.4 Å². The van der Waals surface area contributed by atoms with Crippen LogP contribution in [0.5, 0.6) is 0 Å². The summed E-state index contributed by atoms with van der Waals surface area (Å²) >= 11 is 9.60. The number of anilines is 1. The van der Waals surface area contributed by atoms with Crippen molar-refractivity contribution < 1.29 is 5.79 Å². The Kier molecular flexibility index (Phi) is 5.76. The van der Waals surface area contributed by atoms with E-state index in [1.54, 1.807) is 0 Å². The molecule has 160 valence electrons. The summed E-state index contributed by atoms with van der Waals surface area (Å²) < 4.78 is 15.4. The van der Waals surface area contributed by atoms with Crippen LogP contribution in [-0.2, 0) is 6.54 Å². The molecule has 3 aromatic rings. The van der Waals surface area contributed by atoms with Crippen LogP contribution in [0.15, 0.2) is 57.4 Å². The van der Waals surface area contributed by atoms with Gasteiger partial charge in [0.2, 0.25) is 11.8 Å². The lowest BCUT2D eigenvalue weighted by Crippen LogP contribution is -2.43. The van der Waals surface area contributed by atoms with E-state index in [2.05, 4.69) is 36.3 Å². The van der Waals surface area contributed by atoms with E-state index >= 15 is 0 Å². The molecule has 1 aromatic heterocycles. The highest BCUT2D eigenvalue weighted by atomic mass is 79.9. The van der Waals surface area contributed by atoms with Crippen molar-refractivity contribution in [3.8, 4) is 11.5 Å². The maximum atomic E-state index is 8.54. The lowest BCUT2D eigenvalue weighted by atomic mass is 9.89. The van der Waals surface area contributed by atoms with Crippen molar-refractivity contribution in [1.82, 2.24) is 15.5 Å². The standard InChI is InChI=1S/C24H24BrClN4O/c25-18-5-3-16(4-6-18)24-29-28-23(31-24)15-27-20-8-10-21(11-9-20)30-13-1-2-17-14-19(26)7-12-22(17)30/h1-7,12,14,20-21,27H,8-11,13,15H2/i13D. The van der Waals surface area contributed by atoms with E-state index in [0.717, 1.165) is 52.0 Å². The highest BCUT2D eigenvalue weighted by molar-refractivity contribution is 9.10. The van der Waals surface area contributed by atoms with Gasteiger partial charge < -0.3 is 14.6 Å². The number of fused-ring (bicyclic) bond motifs is 1. The number of hydrogen-bond acceptors (Lipinski definition) is 5. The topological polar surface area (TPSA) is 54.2 Å². The van der Waals surface area contributed by atoms with Crippen molar-refractivity contribution in [2.75, 3.05) is 11.4 Å². The van der Waals surface area contributed by atoms with Gasteiger partial charge in [-0.2, -0.15) is 0 Å². The number of halogens is 2. The molecule has 2 heterocycles. The highest BCUT2D eigenvalue weighted by Crippen LogP contribution is 2.34. The smallest absolute Gasteiger partial charge is 0.247 e. The fourth-order valence-electron chi connectivity index (χ4n) is 4.36. The lowest BCUT2D eigenvalue weighted by Gasteiger charge is -2.40. The molecule has 1 atom stereocenters. The zero-order valence-electron chi connectivity index (χ0n) is 18.0. The first-order chi connectivity index (χ1) is 15.6. The molecule has 1 N–H and O–H groups in total. The van der Waals surface area contributed by atoms with Gasteiger partial charge in [-0.25, -0.2) is 0 Å². The van der Waals surface area contributed by atoms with Crippen molar-refractivity contribution in [3.63, 3.8) is 0 Å². The van der Waals surface area contributed by atoms with Crippen LogP contribution in [-0.4, -0.2) is 28.8 Å². The molecule has 0 spiro atoms. The average Bonchev–Trinajstić information content (AvgIpc) is 3.28. The Labute approximate surface area is 197 Å². The quantitative estimate of drug-likeness (QED) is 0.460. The molecule has 5 nitrogen and oxygen atoms in total. The molecule has 31 heavy (non-hydrogen) atoms. The molecule has 7 heteroatoms. The summed E-state index contributed by atoms with van der Waals surface area (Å²) in [5, 5.41) is 12.7. The van der Waals surface area contributed by atoms with Gasteiger partial charge in [0.1, 0.15) is 0 Å².